The van der Waals surface area contributed by atoms with Gasteiger partial charge in [0.05, 0.1) is 11.9 Å². The van der Waals surface area contributed by atoms with Crippen LogP contribution < -0.4 is 9.47 Å². The average molecular weight is 357 g/mol. The van der Waals surface area contributed by atoms with Gasteiger partial charge < -0.3 is 9.47 Å². The van der Waals surface area contributed by atoms with Crippen molar-refractivity contribution in [2.45, 2.75) is 20.8 Å². The second-order valence-electron chi connectivity index (χ2n) is 6.40. The van der Waals surface area contributed by atoms with Gasteiger partial charge in [0, 0.05) is 5.57 Å². The zero-order chi connectivity index (χ0) is 19.1. The number of hydrogen-bond acceptors (Lipinski definition) is 3. The molecule has 0 bridgehead atoms. The van der Waals surface area contributed by atoms with Gasteiger partial charge in [0.2, 0.25) is 5.90 Å². The minimum absolute atomic E-state index is 0.499. The maximum absolute atomic E-state index is 6.07. The van der Waals surface area contributed by atoms with E-state index in [1.807, 2.05) is 99.6 Å². The molecule has 3 rings (SSSR count). The van der Waals surface area contributed by atoms with Crippen molar-refractivity contribution in [2.75, 3.05) is 0 Å². The van der Waals surface area contributed by atoms with Crippen LogP contribution in [0.25, 0.3) is 0 Å². The normalized spacial score (nSPS) is 12.0. The Labute approximate surface area is 160 Å². The van der Waals surface area contributed by atoms with Crippen molar-refractivity contribution < 1.29 is 9.47 Å². The molecule has 0 atom stereocenters. The lowest BCUT2D eigenvalue weighted by Gasteiger charge is -2.11. The summed E-state index contributed by atoms with van der Waals surface area (Å²) in [4.78, 5) is 4.66. The van der Waals surface area contributed by atoms with Crippen LogP contribution >= 0.6 is 0 Å². The van der Waals surface area contributed by atoms with Gasteiger partial charge in [0.15, 0.2) is 0 Å². The number of hydrogen-bond donors (Lipinski definition) is 0. The third-order valence-electron chi connectivity index (χ3n) is 3.92. The summed E-state index contributed by atoms with van der Waals surface area (Å²) in [6.45, 7) is 6.00. The molecule has 0 saturated carbocycles. The summed E-state index contributed by atoms with van der Waals surface area (Å²) in [5, 5.41) is 0. The maximum atomic E-state index is 6.07. The number of aryl methyl sites for hydroxylation is 2. The van der Waals surface area contributed by atoms with Crippen LogP contribution in [-0.4, -0.2) is 5.90 Å². The number of nitrogens with zero attached hydrogens (tertiary/aromatic N) is 1. The van der Waals surface area contributed by atoms with Crippen LogP contribution in [0.4, 0.5) is 5.69 Å². The second kappa shape index (κ2) is 8.86. The van der Waals surface area contributed by atoms with Crippen molar-refractivity contribution in [1.82, 2.24) is 0 Å². The Morgan fingerprint density at radius 2 is 1.52 bits per heavy atom. The Kier molecular flexibility index (Phi) is 6.06. The molecule has 0 aliphatic carbocycles. The fraction of sp³-hybridized carbons (Fsp3) is 0.125. The molecule has 0 fully saturated rings. The molecular formula is C24H23NO2. The molecule has 0 aliphatic rings. The summed E-state index contributed by atoms with van der Waals surface area (Å²) < 4.78 is 11.9. The van der Waals surface area contributed by atoms with Gasteiger partial charge in [-0.1, -0.05) is 48.0 Å². The zero-order valence-electron chi connectivity index (χ0n) is 15.8. The topological polar surface area (TPSA) is 30.8 Å². The van der Waals surface area contributed by atoms with E-state index in [0.29, 0.717) is 5.90 Å². The van der Waals surface area contributed by atoms with E-state index in [9.17, 15) is 0 Å². The van der Waals surface area contributed by atoms with E-state index in [4.69, 9.17) is 9.47 Å². The zero-order valence-corrected chi connectivity index (χ0v) is 15.8. The molecule has 136 valence electrons. The average Bonchev–Trinajstić information content (AvgIpc) is 2.68. The Morgan fingerprint density at radius 3 is 2.22 bits per heavy atom. The number of rotatable bonds is 5. The van der Waals surface area contributed by atoms with E-state index < -0.39 is 0 Å². The first-order valence-corrected chi connectivity index (χ1v) is 8.89. The van der Waals surface area contributed by atoms with E-state index in [1.165, 1.54) is 5.56 Å². The van der Waals surface area contributed by atoms with Gasteiger partial charge >= 0.3 is 0 Å². The third kappa shape index (κ3) is 5.58. The highest BCUT2D eigenvalue weighted by Crippen LogP contribution is 2.19. The molecular weight excluding hydrogens is 334 g/mol. The molecule has 3 aromatic rings. The molecule has 3 aromatic carbocycles. The SMILES string of the molecule is C/C(=C\Oc1ccc(C)cc1)C(=Nc1ccccc1)Oc1cccc(C)c1. The van der Waals surface area contributed by atoms with Crippen LogP contribution in [0.5, 0.6) is 11.5 Å². The molecule has 0 heterocycles. The van der Waals surface area contributed by atoms with Crippen LogP contribution in [0.15, 0.2) is 95.7 Å². The first kappa shape index (κ1) is 18.5. The largest absolute Gasteiger partial charge is 0.465 e. The number of aliphatic imine (C=N–C) groups is 1. The lowest BCUT2D eigenvalue weighted by Crippen LogP contribution is -2.11. The standard InChI is InChI=1S/C24H23NO2/c1-18-12-14-22(15-13-18)26-17-20(3)24(25-21-9-5-4-6-10-21)27-23-11-7-8-19(2)16-23/h4-17H,1-3H3/b20-17+,25-24?. The smallest absolute Gasteiger partial charge is 0.225 e. The van der Waals surface area contributed by atoms with Gasteiger partial charge in [0.25, 0.3) is 0 Å². The summed E-state index contributed by atoms with van der Waals surface area (Å²) in [6, 6.07) is 25.5. The van der Waals surface area contributed by atoms with Gasteiger partial charge in [0.1, 0.15) is 11.5 Å². The summed E-state index contributed by atoms with van der Waals surface area (Å²) in [6.07, 6.45) is 1.67. The molecule has 3 heteroatoms. The monoisotopic (exact) mass is 357 g/mol. The van der Waals surface area contributed by atoms with Crippen LogP contribution in [0.2, 0.25) is 0 Å². The molecule has 0 unspecified atom stereocenters. The van der Waals surface area contributed by atoms with Crippen molar-refractivity contribution in [3.05, 3.63) is 102 Å². The maximum Gasteiger partial charge on any atom is 0.225 e. The Morgan fingerprint density at radius 1 is 0.778 bits per heavy atom. The summed E-state index contributed by atoms with van der Waals surface area (Å²) in [5.74, 6) is 2.02. The van der Waals surface area contributed by atoms with Gasteiger partial charge in [-0.3, -0.25) is 0 Å². The lowest BCUT2D eigenvalue weighted by atomic mass is 10.2. The number of ether oxygens (including phenoxy) is 2. The molecule has 27 heavy (non-hydrogen) atoms. The summed E-state index contributed by atoms with van der Waals surface area (Å²) in [5.41, 5.74) is 3.94. The van der Waals surface area contributed by atoms with Gasteiger partial charge in [-0.15, -0.1) is 0 Å². The third-order valence-corrected chi connectivity index (χ3v) is 3.92. The fourth-order valence-corrected chi connectivity index (χ4v) is 2.43. The minimum atomic E-state index is 0.499. The molecule has 0 spiro atoms. The molecule has 0 N–H and O–H groups in total. The van der Waals surface area contributed by atoms with E-state index >= 15 is 0 Å². The Bertz CT molecular complexity index is 942. The molecule has 0 aromatic heterocycles. The van der Waals surface area contributed by atoms with E-state index in [1.54, 1.807) is 6.26 Å². The first-order chi connectivity index (χ1) is 13.1. The molecule has 0 saturated heterocycles. The van der Waals surface area contributed by atoms with Crippen molar-refractivity contribution >= 4 is 11.6 Å². The summed E-state index contributed by atoms with van der Waals surface area (Å²) in [7, 11) is 0. The van der Waals surface area contributed by atoms with E-state index in [0.717, 1.165) is 28.3 Å². The number of benzene rings is 3. The van der Waals surface area contributed by atoms with Gasteiger partial charge in [-0.2, -0.15) is 0 Å². The molecule has 3 nitrogen and oxygen atoms in total. The highest BCUT2D eigenvalue weighted by Gasteiger charge is 2.08. The second-order valence-corrected chi connectivity index (χ2v) is 6.40. The molecule has 0 aliphatic heterocycles. The summed E-state index contributed by atoms with van der Waals surface area (Å²) >= 11 is 0. The van der Waals surface area contributed by atoms with Crippen molar-refractivity contribution in [1.29, 1.82) is 0 Å². The van der Waals surface area contributed by atoms with Crippen LogP contribution in [0, 0.1) is 13.8 Å². The van der Waals surface area contributed by atoms with Crippen LogP contribution in [0.1, 0.15) is 18.1 Å². The predicted molar refractivity (Wildman–Crippen MR) is 111 cm³/mol. The molecule has 0 amide bonds. The van der Waals surface area contributed by atoms with E-state index in [-0.39, 0.29) is 0 Å². The Hall–Kier alpha value is -3.33. The van der Waals surface area contributed by atoms with Crippen molar-refractivity contribution in [3.63, 3.8) is 0 Å². The van der Waals surface area contributed by atoms with Crippen LogP contribution in [0.3, 0.4) is 0 Å². The first-order valence-electron chi connectivity index (χ1n) is 8.89. The highest BCUT2D eigenvalue weighted by molar-refractivity contribution is 5.96. The lowest BCUT2D eigenvalue weighted by molar-refractivity contribution is 0.473. The quantitative estimate of drug-likeness (QED) is 0.301. The fourth-order valence-electron chi connectivity index (χ4n) is 2.43. The van der Waals surface area contributed by atoms with Crippen molar-refractivity contribution in [2.24, 2.45) is 4.99 Å². The van der Waals surface area contributed by atoms with Crippen LogP contribution in [-0.2, 0) is 0 Å². The predicted octanol–water partition coefficient (Wildman–Crippen LogP) is 6.40. The van der Waals surface area contributed by atoms with Crippen molar-refractivity contribution in [3.8, 4) is 11.5 Å². The highest BCUT2D eigenvalue weighted by atomic mass is 16.5. The van der Waals surface area contributed by atoms with Gasteiger partial charge in [-0.25, -0.2) is 4.99 Å². The Balaban J connectivity index is 1.87. The minimum Gasteiger partial charge on any atom is -0.465 e. The molecule has 0 radical (unpaired) electrons. The van der Waals surface area contributed by atoms with E-state index in [2.05, 4.69) is 4.99 Å². The number of para-hydroxylation sites is 1. The van der Waals surface area contributed by atoms with Gasteiger partial charge in [-0.05, 0) is 62.7 Å².